The number of benzene rings is 1. The zero-order valence-corrected chi connectivity index (χ0v) is 15.3. The van der Waals surface area contributed by atoms with E-state index in [2.05, 4.69) is 16.8 Å². The summed E-state index contributed by atoms with van der Waals surface area (Å²) < 4.78 is 18.2. The number of likely N-dealkylation sites (tertiary alicyclic amines) is 1. The maximum absolute atomic E-state index is 12.7. The molecular weight excluding hydrogens is 396 g/mol. The van der Waals surface area contributed by atoms with Gasteiger partial charge in [-0.2, -0.15) is 0 Å². The van der Waals surface area contributed by atoms with Gasteiger partial charge < -0.3 is 15.4 Å². The molecule has 0 aliphatic carbocycles. The summed E-state index contributed by atoms with van der Waals surface area (Å²) in [6.45, 7) is 5.49. The lowest BCUT2D eigenvalue weighted by Gasteiger charge is -2.31. The average molecular weight is 421 g/mol. The molecule has 2 rings (SSSR count). The highest BCUT2D eigenvalue weighted by atomic mass is 127. The van der Waals surface area contributed by atoms with E-state index < -0.39 is 0 Å². The van der Waals surface area contributed by atoms with E-state index in [1.54, 1.807) is 12.1 Å². The SMILES string of the molecule is CC1CCN(C(N)=NCCCOc2ccc(F)cc2)CC1.I. The normalized spacial score (nSPS) is 16.3. The Morgan fingerprint density at radius 3 is 2.59 bits per heavy atom. The fraction of sp³-hybridized carbons (Fsp3) is 0.562. The number of piperidine rings is 1. The summed E-state index contributed by atoms with van der Waals surface area (Å²) in [7, 11) is 0. The topological polar surface area (TPSA) is 50.8 Å². The van der Waals surface area contributed by atoms with Crippen LogP contribution in [0.3, 0.4) is 0 Å². The maximum Gasteiger partial charge on any atom is 0.191 e. The summed E-state index contributed by atoms with van der Waals surface area (Å²) in [5, 5.41) is 0. The van der Waals surface area contributed by atoms with E-state index in [0.717, 1.165) is 25.4 Å². The van der Waals surface area contributed by atoms with Crippen LogP contribution in [-0.4, -0.2) is 37.1 Å². The van der Waals surface area contributed by atoms with Gasteiger partial charge in [0.1, 0.15) is 11.6 Å². The Bertz CT molecular complexity index is 459. The van der Waals surface area contributed by atoms with E-state index in [4.69, 9.17) is 10.5 Å². The molecule has 1 aliphatic heterocycles. The molecule has 4 nitrogen and oxygen atoms in total. The van der Waals surface area contributed by atoms with E-state index in [0.29, 0.717) is 24.9 Å². The Hall–Kier alpha value is -1.05. The fourth-order valence-corrected chi connectivity index (χ4v) is 2.32. The summed E-state index contributed by atoms with van der Waals surface area (Å²) in [4.78, 5) is 6.55. The van der Waals surface area contributed by atoms with Crippen molar-refractivity contribution in [2.24, 2.45) is 16.6 Å². The highest BCUT2D eigenvalue weighted by molar-refractivity contribution is 14.0. The van der Waals surface area contributed by atoms with Crippen molar-refractivity contribution in [3.8, 4) is 5.75 Å². The molecule has 124 valence electrons. The van der Waals surface area contributed by atoms with Gasteiger partial charge in [-0.3, -0.25) is 4.99 Å². The number of aliphatic imine (C=N–C) groups is 1. The van der Waals surface area contributed by atoms with Crippen LogP contribution in [0.1, 0.15) is 26.2 Å². The minimum absolute atomic E-state index is 0. The molecule has 1 aromatic carbocycles. The number of hydrogen-bond acceptors (Lipinski definition) is 2. The number of rotatable bonds is 5. The second kappa shape index (κ2) is 9.86. The first-order chi connectivity index (χ1) is 10.1. The molecule has 2 N–H and O–H groups in total. The molecule has 0 radical (unpaired) electrons. The molecule has 6 heteroatoms. The number of hydrogen-bond donors (Lipinski definition) is 1. The lowest BCUT2D eigenvalue weighted by Crippen LogP contribution is -2.42. The smallest absolute Gasteiger partial charge is 0.191 e. The van der Waals surface area contributed by atoms with Gasteiger partial charge in [0.25, 0.3) is 0 Å². The van der Waals surface area contributed by atoms with Crippen molar-refractivity contribution in [3.63, 3.8) is 0 Å². The van der Waals surface area contributed by atoms with Crippen molar-refractivity contribution in [1.29, 1.82) is 0 Å². The zero-order valence-electron chi connectivity index (χ0n) is 13.0. The molecule has 1 heterocycles. The largest absolute Gasteiger partial charge is 0.494 e. The Balaban J connectivity index is 0.00000242. The van der Waals surface area contributed by atoms with Gasteiger partial charge in [-0.1, -0.05) is 6.92 Å². The zero-order chi connectivity index (χ0) is 15.1. The summed E-state index contributed by atoms with van der Waals surface area (Å²) in [6, 6.07) is 6.04. The molecule has 0 unspecified atom stereocenters. The van der Waals surface area contributed by atoms with Gasteiger partial charge in [0.15, 0.2) is 5.96 Å². The fourth-order valence-electron chi connectivity index (χ4n) is 2.32. The van der Waals surface area contributed by atoms with E-state index in [9.17, 15) is 4.39 Å². The molecule has 0 bridgehead atoms. The highest BCUT2D eigenvalue weighted by Crippen LogP contribution is 2.15. The Labute approximate surface area is 148 Å². The van der Waals surface area contributed by atoms with Gasteiger partial charge in [-0.15, -0.1) is 24.0 Å². The van der Waals surface area contributed by atoms with Crippen molar-refractivity contribution < 1.29 is 9.13 Å². The third-order valence-electron chi connectivity index (χ3n) is 3.77. The lowest BCUT2D eigenvalue weighted by atomic mass is 10.00. The van der Waals surface area contributed by atoms with Crippen LogP contribution in [0.4, 0.5) is 4.39 Å². The van der Waals surface area contributed by atoms with Crippen LogP contribution in [-0.2, 0) is 0 Å². The second-order valence-electron chi connectivity index (χ2n) is 5.57. The lowest BCUT2D eigenvalue weighted by molar-refractivity contribution is 0.277. The quantitative estimate of drug-likeness (QED) is 0.344. The number of nitrogens with zero attached hydrogens (tertiary/aromatic N) is 2. The van der Waals surface area contributed by atoms with Crippen LogP contribution in [0.2, 0.25) is 0 Å². The molecule has 1 fully saturated rings. The van der Waals surface area contributed by atoms with Crippen LogP contribution in [0.5, 0.6) is 5.75 Å². The first kappa shape index (κ1) is 19.0. The molecule has 1 saturated heterocycles. The van der Waals surface area contributed by atoms with Crippen molar-refractivity contribution >= 4 is 29.9 Å². The van der Waals surface area contributed by atoms with Crippen molar-refractivity contribution in [2.45, 2.75) is 26.2 Å². The minimum atomic E-state index is -0.254. The van der Waals surface area contributed by atoms with Gasteiger partial charge in [0.2, 0.25) is 0 Å². The predicted molar refractivity (Wildman–Crippen MR) is 98.4 cm³/mol. The Morgan fingerprint density at radius 1 is 1.32 bits per heavy atom. The predicted octanol–water partition coefficient (Wildman–Crippen LogP) is 3.26. The Morgan fingerprint density at radius 2 is 1.95 bits per heavy atom. The third kappa shape index (κ3) is 6.37. The standard InChI is InChI=1S/C16H24FN3O.HI/c1-13-7-10-20(11-8-13)16(18)19-9-2-12-21-15-5-3-14(17)4-6-15;/h3-6,13H,2,7-12H2,1H3,(H2,18,19);1H. The van der Waals surface area contributed by atoms with Gasteiger partial charge in [-0.25, -0.2) is 4.39 Å². The molecule has 0 spiro atoms. The molecular formula is C16H25FIN3O. The van der Waals surface area contributed by atoms with Crippen LogP contribution < -0.4 is 10.5 Å². The summed E-state index contributed by atoms with van der Waals surface area (Å²) >= 11 is 0. The number of nitrogens with two attached hydrogens (primary N) is 1. The van der Waals surface area contributed by atoms with Crippen molar-refractivity contribution in [3.05, 3.63) is 30.1 Å². The number of ether oxygens (including phenoxy) is 1. The molecule has 1 aliphatic rings. The van der Waals surface area contributed by atoms with E-state index in [1.165, 1.54) is 25.0 Å². The van der Waals surface area contributed by atoms with Crippen LogP contribution >= 0.6 is 24.0 Å². The first-order valence-electron chi connectivity index (χ1n) is 7.58. The van der Waals surface area contributed by atoms with Crippen molar-refractivity contribution in [2.75, 3.05) is 26.2 Å². The summed E-state index contributed by atoms with van der Waals surface area (Å²) in [5.41, 5.74) is 6.00. The second-order valence-corrected chi connectivity index (χ2v) is 5.57. The molecule has 0 saturated carbocycles. The minimum Gasteiger partial charge on any atom is -0.494 e. The number of guanidine groups is 1. The molecule has 22 heavy (non-hydrogen) atoms. The average Bonchev–Trinajstić information content (AvgIpc) is 2.49. The molecule has 1 aromatic rings. The van der Waals surface area contributed by atoms with E-state index >= 15 is 0 Å². The van der Waals surface area contributed by atoms with Gasteiger partial charge in [0.05, 0.1) is 6.61 Å². The van der Waals surface area contributed by atoms with Gasteiger partial charge in [0, 0.05) is 26.1 Å². The summed E-state index contributed by atoms with van der Waals surface area (Å²) in [6.07, 6.45) is 3.16. The van der Waals surface area contributed by atoms with Gasteiger partial charge in [-0.05, 0) is 43.0 Å². The van der Waals surface area contributed by atoms with E-state index in [-0.39, 0.29) is 29.8 Å². The first-order valence-corrected chi connectivity index (χ1v) is 7.58. The Kier molecular flexibility index (Phi) is 8.52. The number of halogens is 2. The summed E-state index contributed by atoms with van der Waals surface area (Å²) in [5.74, 6) is 1.86. The van der Waals surface area contributed by atoms with Gasteiger partial charge >= 0.3 is 0 Å². The van der Waals surface area contributed by atoms with Crippen molar-refractivity contribution in [1.82, 2.24) is 4.90 Å². The highest BCUT2D eigenvalue weighted by Gasteiger charge is 2.16. The third-order valence-corrected chi connectivity index (χ3v) is 3.77. The van der Waals surface area contributed by atoms with Crippen LogP contribution in [0.15, 0.2) is 29.3 Å². The van der Waals surface area contributed by atoms with Crippen LogP contribution in [0.25, 0.3) is 0 Å². The van der Waals surface area contributed by atoms with E-state index in [1.807, 2.05) is 0 Å². The molecule has 0 amide bonds. The molecule has 0 aromatic heterocycles. The van der Waals surface area contributed by atoms with Crippen LogP contribution in [0, 0.1) is 11.7 Å². The maximum atomic E-state index is 12.7. The molecule has 0 atom stereocenters. The monoisotopic (exact) mass is 421 g/mol.